The molecule has 2 aromatic heterocycles. The van der Waals surface area contributed by atoms with Gasteiger partial charge in [0.1, 0.15) is 17.9 Å². The van der Waals surface area contributed by atoms with Crippen molar-refractivity contribution in [1.82, 2.24) is 14.7 Å². The third-order valence-electron chi connectivity index (χ3n) is 4.28. The minimum atomic E-state index is -1.04. The second kappa shape index (κ2) is 9.32. The number of carbonyl (C=O) groups is 1. The molecule has 0 saturated carbocycles. The average Bonchev–Trinajstić information content (AvgIpc) is 3.10. The number of aromatic nitrogens is 2. The minimum absolute atomic E-state index is 0. The second-order valence-electron chi connectivity index (χ2n) is 7.19. The number of imidazole rings is 1. The highest BCUT2D eigenvalue weighted by Gasteiger charge is 2.27. The first-order valence-corrected chi connectivity index (χ1v) is 8.97. The predicted molar refractivity (Wildman–Crippen MR) is 112 cm³/mol. The normalized spacial score (nSPS) is 12.1. The Balaban J connectivity index is 0.00000300. The van der Waals surface area contributed by atoms with E-state index in [2.05, 4.69) is 16.4 Å². The monoisotopic (exact) mass is 393 g/mol. The molecule has 7 heteroatoms. The highest BCUT2D eigenvalue weighted by Crippen LogP contribution is 2.18. The topological polar surface area (TPSA) is 105 Å². The Hall–Kier alpha value is -3.21. The summed E-state index contributed by atoms with van der Waals surface area (Å²) in [6, 6.07) is 14.9. The van der Waals surface area contributed by atoms with Crippen molar-refractivity contribution < 1.29 is 9.53 Å². The summed E-state index contributed by atoms with van der Waals surface area (Å²) < 4.78 is 7.64. The van der Waals surface area contributed by atoms with Crippen LogP contribution in [-0.2, 0) is 16.1 Å². The average molecular weight is 393 g/mol. The smallest absolute Gasteiger partial charge is 0.240 e. The van der Waals surface area contributed by atoms with E-state index in [0.717, 1.165) is 11.1 Å². The lowest BCUT2D eigenvalue weighted by Gasteiger charge is -2.24. The molecule has 0 aliphatic heterocycles. The molecular formula is C22H27N5O2. The van der Waals surface area contributed by atoms with E-state index in [1.54, 1.807) is 36.7 Å². The van der Waals surface area contributed by atoms with E-state index in [1.165, 1.54) is 0 Å². The molecule has 3 N–H and O–H groups in total. The van der Waals surface area contributed by atoms with Gasteiger partial charge < -0.3 is 20.2 Å². The number of carbonyl (C=O) groups excluding carboxylic acids is 1. The summed E-state index contributed by atoms with van der Waals surface area (Å²) in [6.07, 6.45) is 3.39. The fourth-order valence-corrected chi connectivity index (χ4v) is 2.73. The maximum absolute atomic E-state index is 12.5. The van der Waals surface area contributed by atoms with Crippen molar-refractivity contribution in [2.75, 3.05) is 6.61 Å². The minimum Gasteiger partial charge on any atom is -0.374 e. The summed E-state index contributed by atoms with van der Waals surface area (Å²) in [5.41, 5.74) is 7.25. The number of rotatable bonds is 7. The Morgan fingerprint density at radius 1 is 1.31 bits per heavy atom. The Bertz CT molecular complexity index is 999. The molecule has 3 aromatic rings. The molecule has 0 unspecified atom stereocenters. The van der Waals surface area contributed by atoms with Gasteiger partial charge in [0, 0.05) is 6.20 Å². The van der Waals surface area contributed by atoms with Gasteiger partial charge in [-0.3, -0.25) is 4.79 Å². The fourth-order valence-electron chi connectivity index (χ4n) is 2.73. The Morgan fingerprint density at radius 2 is 2.03 bits per heavy atom. The summed E-state index contributed by atoms with van der Waals surface area (Å²) >= 11 is 0. The van der Waals surface area contributed by atoms with Crippen LogP contribution in [0.25, 0.3) is 5.52 Å². The number of hydrogen-bond acceptors (Lipinski definition) is 5. The molecule has 0 saturated heterocycles. The van der Waals surface area contributed by atoms with Gasteiger partial charge in [0.15, 0.2) is 0 Å². The maximum atomic E-state index is 12.5. The number of pyridine rings is 1. The Kier molecular flexibility index (Phi) is 7.10. The third-order valence-corrected chi connectivity index (χ3v) is 4.28. The summed E-state index contributed by atoms with van der Waals surface area (Å²) in [6.45, 7) is 3.90. The Morgan fingerprint density at radius 3 is 2.69 bits per heavy atom. The predicted octanol–water partition coefficient (Wildman–Crippen LogP) is 2.95. The van der Waals surface area contributed by atoms with Crippen molar-refractivity contribution >= 4 is 11.4 Å². The van der Waals surface area contributed by atoms with Crippen molar-refractivity contribution in [3.05, 3.63) is 71.8 Å². The largest absolute Gasteiger partial charge is 0.374 e. The number of nitrogens with zero attached hydrogens (tertiary/aromatic N) is 3. The number of benzene rings is 1. The summed E-state index contributed by atoms with van der Waals surface area (Å²) in [4.78, 5) is 16.9. The molecule has 0 aliphatic carbocycles. The first kappa shape index (κ1) is 22.1. The lowest BCUT2D eigenvalue weighted by molar-refractivity contribution is -0.126. The molecule has 0 radical (unpaired) electrons. The number of nitrogens with one attached hydrogen (secondary N) is 1. The Labute approximate surface area is 171 Å². The molecule has 1 amide bonds. The number of hydrogen-bond donors (Lipinski definition) is 2. The molecule has 1 atom stereocenters. The molecule has 3 rings (SSSR count). The van der Waals surface area contributed by atoms with Crippen molar-refractivity contribution in [2.45, 2.75) is 39.5 Å². The number of nitriles is 1. The number of nitrogens with two attached hydrogens (primary N) is 1. The van der Waals surface area contributed by atoms with E-state index in [4.69, 9.17) is 10.5 Å². The van der Waals surface area contributed by atoms with Crippen LogP contribution >= 0.6 is 0 Å². The molecule has 152 valence electrons. The fraction of sp³-hybridized carbons (Fsp3) is 0.318. The van der Waals surface area contributed by atoms with Gasteiger partial charge in [-0.1, -0.05) is 37.8 Å². The highest BCUT2D eigenvalue weighted by molar-refractivity contribution is 5.85. The quantitative estimate of drug-likeness (QED) is 0.642. The van der Waals surface area contributed by atoms with Gasteiger partial charge in [0.25, 0.3) is 0 Å². The van der Waals surface area contributed by atoms with Crippen molar-refractivity contribution in [3.8, 4) is 6.07 Å². The SMILES string of the molecule is C.CC(C)(N)C(=O)N[C@H](COCc1ccccc1)c1ncc2ccc(C#N)cn12. The molecule has 0 aliphatic rings. The van der Waals surface area contributed by atoms with Crippen LogP contribution in [0, 0.1) is 11.3 Å². The van der Waals surface area contributed by atoms with Gasteiger partial charge in [0.2, 0.25) is 5.91 Å². The van der Waals surface area contributed by atoms with Crippen LogP contribution in [-0.4, -0.2) is 27.4 Å². The molecule has 7 nitrogen and oxygen atoms in total. The number of amides is 1. The van der Waals surface area contributed by atoms with Gasteiger partial charge >= 0.3 is 0 Å². The summed E-state index contributed by atoms with van der Waals surface area (Å²) in [5, 5.41) is 12.1. The lowest BCUT2D eigenvalue weighted by atomic mass is 10.1. The van der Waals surface area contributed by atoms with Crippen molar-refractivity contribution in [2.24, 2.45) is 5.73 Å². The zero-order valence-corrected chi connectivity index (χ0v) is 15.9. The second-order valence-corrected chi connectivity index (χ2v) is 7.19. The zero-order chi connectivity index (χ0) is 20.1. The number of fused-ring (bicyclic) bond motifs is 1. The van der Waals surface area contributed by atoms with Crippen LogP contribution in [0.15, 0.2) is 54.9 Å². The standard InChI is InChI=1S/C21H23N5O2.CH4/c1-21(2,23)20(27)25-18(14-28-13-15-6-4-3-5-7-15)19-24-11-17-9-8-16(10-22)12-26(17)19;/h3-9,11-12,18H,13-14,23H2,1-2H3,(H,25,27);1H4/t18-;/m1./s1. The third kappa shape index (κ3) is 5.41. The molecule has 29 heavy (non-hydrogen) atoms. The van der Waals surface area contributed by atoms with Gasteiger partial charge in [0.05, 0.1) is 36.0 Å². The van der Waals surface area contributed by atoms with Crippen molar-refractivity contribution in [1.29, 1.82) is 5.26 Å². The van der Waals surface area contributed by atoms with Crippen LogP contribution < -0.4 is 11.1 Å². The summed E-state index contributed by atoms with van der Waals surface area (Å²) in [5.74, 6) is 0.270. The number of ether oxygens (including phenoxy) is 1. The first-order valence-electron chi connectivity index (χ1n) is 8.97. The molecule has 1 aromatic carbocycles. The van der Waals surface area contributed by atoms with E-state index >= 15 is 0 Å². The molecule has 2 heterocycles. The first-order chi connectivity index (χ1) is 13.4. The molecule has 0 spiro atoms. The van der Waals surface area contributed by atoms with E-state index in [1.807, 2.05) is 36.4 Å². The van der Waals surface area contributed by atoms with Crippen LogP contribution in [0.5, 0.6) is 0 Å². The van der Waals surface area contributed by atoms with E-state index in [0.29, 0.717) is 18.0 Å². The maximum Gasteiger partial charge on any atom is 0.240 e. The van der Waals surface area contributed by atoms with E-state index in [9.17, 15) is 10.1 Å². The molecule has 0 fully saturated rings. The van der Waals surface area contributed by atoms with E-state index < -0.39 is 11.6 Å². The van der Waals surface area contributed by atoms with E-state index in [-0.39, 0.29) is 19.9 Å². The summed E-state index contributed by atoms with van der Waals surface area (Å²) in [7, 11) is 0. The van der Waals surface area contributed by atoms with Gasteiger partial charge in [-0.15, -0.1) is 0 Å². The van der Waals surface area contributed by atoms with Gasteiger partial charge in [-0.2, -0.15) is 5.26 Å². The highest BCUT2D eigenvalue weighted by atomic mass is 16.5. The molecule has 0 bridgehead atoms. The molecular weight excluding hydrogens is 366 g/mol. The van der Waals surface area contributed by atoms with Crippen LogP contribution in [0.1, 0.15) is 44.3 Å². The van der Waals surface area contributed by atoms with Crippen LogP contribution in [0.2, 0.25) is 0 Å². The lowest BCUT2D eigenvalue weighted by Crippen LogP contribution is -2.50. The van der Waals surface area contributed by atoms with Gasteiger partial charge in [-0.25, -0.2) is 4.98 Å². The van der Waals surface area contributed by atoms with Crippen LogP contribution in [0.3, 0.4) is 0 Å². The van der Waals surface area contributed by atoms with Gasteiger partial charge in [-0.05, 0) is 31.5 Å². The van der Waals surface area contributed by atoms with Crippen molar-refractivity contribution in [3.63, 3.8) is 0 Å². The van der Waals surface area contributed by atoms with Crippen LogP contribution in [0.4, 0.5) is 0 Å². The zero-order valence-electron chi connectivity index (χ0n) is 15.9.